The summed E-state index contributed by atoms with van der Waals surface area (Å²) in [7, 11) is 0. The van der Waals surface area contributed by atoms with Crippen LogP contribution in [0.25, 0.3) is 11.0 Å². The van der Waals surface area contributed by atoms with E-state index in [2.05, 4.69) is 47.9 Å². The Bertz CT molecular complexity index is 544. The van der Waals surface area contributed by atoms with Crippen molar-refractivity contribution in [2.75, 3.05) is 0 Å². The molecule has 1 atom stereocenters. The van der Waals surface area contributed by atoms with Crippen molar-refractivity contribution >= 4 is 11.0 Å². The minimum atomic E-state index is 0. The van der Waals surface area contributed by atoms with Crippen molar-refractivity contribution in [3.8, 4) is 0 Å². The summed E-state index contributed by atoms with van der Waals surface area (Å²) in [5, 5.41) is 0. The number of imidazole rings is 1. The van der Waals surface area contributed by atoms with E-state index in [1.807, 2.05) is 0 Å². The molecule has 1 unspecified atom stereocenters. The Balaban J connectivity index is 0.000000231. The fourth-order valence-corrected chi connectivity index (χ4v) is 3.06. The van der Waals surface area contributed by atoms with Gasteiger partial charge >= 0.3 is 0 Å². The first kappa shape index (κ1) is 16.6. The van der Waals surface area contributed by atoms with Gasteiger partial charge in [0, 0.05) is 23.0 Å². The van der Waals surface area contributed by atoms with Gasteiger partial charge in [0.05, 0.1) is 11.0 Å². The second-order valence-electron chi connectivity index (χ2n) is 6.02. The van der Waals surface area contributed by atoms with Crippen LogP contribution in [0.15, 0.2) is 18.2 Å². The Morgan fingerprint density at radius 2 is 1.81 bits per heavy atom. The average molecular weight is 324 g/mol. The number of rotatable bonds is 1. The number of nitrogens with one attached hydrogen (secondary N) is 1. The van der Waals surface area contributed by atoms with Gasteiger partial charge in [-0.1, -0.05) is 38.2 Å². The van der Waals surface area contributed by atoms with Crippen LogP contribution in [0.4, 0.5) is 0 Å². The van der Waals surface area contributed by atoms with Gasteiger partial charge in [0.15, 0.2) is 0 Å². The molecule has 1 aromatic heterocycles. The molecule has 2 nitrogen and oxygen atoms in total. The zero-order chi connectivity index (χ0) is 13.8. The van der Waals surface area contributed by atoms with Gasteiger partial charge in [-0.25, -0.2) is 4.98 Å². The van der Waals surface area contributed by atoms with Gasteiger partial charge in [0.2, 0.25) is 0 Å². The summed E-state index contributed by atoms with van der Waals surface area (Å²) in [5.74, 6) is 1.61. The summed E-state index contributed by atoms with van der Waals surface area (Å²) >= 11 is 0. The molecule has 0 amide bonds. The summed E-state index contributed by atoms with van der Waals surface area (Å²) in [6.07, 6.45) is 14.4. The van der Waals surface area contributed by atoms with Crippen molar-refractivity contribution in [2.45, 2.75) is 57.8 Å². The Hall–Kier alpha value is -0.791. The third-order valence-corrected chi connectivity index (χ3v) is 4.27. The molecule has 114 valence electrons. The first-order chi connectivity index (χ1) is 9.83. The quantitative estimate of drug-likeness (QED) is 0.726. The number of nitrogens with zero attached hydrogens (tertiary/aromatic N) is 1. The fraction of sp³-hybridized carbons (Fsp3) is 0.500. The van der Waals surface area contributed by atoms with Crippen LogP contribution in [0.3, 0.4) is 0 Å². The van der Waals surface area contributed by atoms with Crippen molar-refractivity contribution in [3.05, 3.63) is 42.4 Å². The topological polar surface area (TPSA) is 28.7 Å². The molecular formula is C18H24FeN2. The van der Waals surface area contributed by atoms with Crippen LogP contribution in [0.1, 0.15) is 62.3 Å². The second kappa shape index (κ2) is 8.00. The van der Waals surface area contributed by atoms with Crippen molar-refractivity contribution < 1.29 is 17.1 Å². The van der Waals surface area contributed by atoms with Gasteiger partial charge in [-0.15, -0.1) is 0 Å². The number of fused-ring (bicyclic) bond motifs is 1. The maximum absolute atomic E-state index is 4.63. The monoisotopic (exact) mass is 324 g/mol. The van der Waals surface area contributed by atoms with E-state index in [4.69, 9.17) is 0 Å². The number of aromatic amines is 1. The van der Waals surface area contributed by atoms with Gasteiger partial charge in [-0.2, -0.15) is 0 Å². The van der Waals surface area contributed by atoms with Crippen LogP contribution in [0, 0.1) is 19.8 Å². The molecule has 2 fully saturated rings. The summed E-state index contributed by atoms with van der Waals surface area (Å²) in [4.78, 5) is 8.04. The summed E-state index contributed by atoms with van der Waals surface area (Å²) < 4.78 is 0. The molecule has 1 N–H and O–H groups in total. The Morgan fingerprint density at radius 3 is 2.43 bits per heavy atom. The average Bonchev–Trinajstić information content (AvgIpc) is 3.20. The van der Waals surface area contributed by atoms with Gasteiger partial charge < -0.3 is 4.98 Å². The smallest absolute Gasteiger partial charge is 0.110 e. The molecule has 0 spiro atoms. The van der Waals surface area contributed by atoms with Gasteiger partial charge in [-0.05, 0) is 50.3 Å². The number of H-pyrrole nitrogens is 1. The fourth-order valence-electron chi connectivity index (χ4n) is 3.06. The third kappa shape index (κ3) is 4.34. The van der Waals surface area contributed by atoms with E-state index in [1.165, 1.54) is 50.5 Å². The maximum Gasteiger partial charge on any atom is 0.110 e. The Morgan fingerprint density at radius 1 is 1.10 bits per heavy atom. The van der Waals surface area contributed by atoms with E-state index >= 15 is 0 Å². The zero-order valence-corrected chi connectivity index (χ0v) is 13.8. The standard InChI is InChI=1S/C13H14N2.C5H10.Fe/c1-9-6-7-11-12(8-9)15-13(14-11)10-4-2-3-5-10;1-2-4-5-3-1;/h2,4,6-8,10H,3,5H2,1H3,(H,14,15);1-5H2;. The molecule has 2 aliphatic rings. The summed E-state index contributed by atoms with van der Waals surface area (Å²) in [6.45, 7) is 2.11. The van der Waals surface area contributed by atoms with Crippen LogP contribution < -0.4 is 0 Å². The number of hydrogen-bond donors (Lipinski definition) is 1. The van der Waals surface area contributed by atoms with Crippen molar-refractivity contribution in [1.29, 1.82) is 0 Å². The number of hydrogen-bond acceptors (Lipinski definition) is 1. The number of aryl methyl sites for hydroxylation is 1. The molecule has 3 heteroatoms. The van der Waals surface area contributed by atoms with E-state index in [0.29, 0.717) is 5.92 Å². The zero-order valence-electron chi connectivity index (χ0n) is 12.7. The minimum absolute atomic E-state index is 0. The van der Waals surface area contributed by atoms with Crippen molar-refractivity contribution in [3.63, 3.8) is 0 Å². The molecule has 1 aromatic carbocycles. The van der Waals surface area contributed by atoms with Crippen LogP contribution >= 0.6 is 0 Å². The molecule has 2 aliphatic carbocycles. The van der Waals surface area contributed by atoms with E-state index < -0.39 is 0 Å². The SMILES string of the molecule is C1CCCC1.Cc1ccc2nc(C3[CH][CH]CC3)[nH]c2c1.[Fe]. The second-order valence-corrected chi connectivity index (χ2v) is 6.02. The first-order valence-electron chi connectivity index (χ1n) is 7.96. The molecule has 0 bridgehead atoms. The minimum Gasteiger partial charge on any atom is -0.342 e. The van der Waals surface area contributed by atoms with Crippen LogP contribution in [0.2, 0.25) is 0 Å². The van der Waals surface area contributed by atoms with E-state index in [9.17, 15) is 0 Å². The van der Waals surface area contributed by atoms with Crippen LogP contribution in [-0.2, 0) is 17.1 Å². The van der Waals surface area contributed by atoms with Gasteiger partial charge in [-0.3, -0.25) is 0 Å². The van der Waals surface area contributed by atoms with Gasteiger partial charge in [0.1, 0.15) is 5.82 Å². The largest absolute Gasteiger partial charge is 0.342 e. The summed E-state index contributed by atoms with van der Waals surface area (Å²) in [6, 6.07) is 6.35. The molecule has 2 radical (unpaired) electrons. The predicted octanol–water partition coefficient (Wildman–Crippen LogP) is 5.11. The van der Waals surface area contributed by atoms with E-state index in [-0.39, 0.29) is 17.1 Å². The molecule has 2 saturated carbocycles. The maximum atomic E-state index is 4.63. The first-order valence-corrected chi connectivity index (χ1v) is 7.96. The number of benzene rings is 1. The molecule has 21 heavy (non-hydrogen) atoms. The van der Waals surface area contributed by atoms with Crippen LogP contribution in [0.5, 0.6) is 0 Å². The van der Waals surface area contributed by atoms with E-state index in [1.54, 1.807) is 0 Å². The van der Waals surface area contributed by atoms with E-state index in [0.717, 1.165) is 16.9 Å². The molecule has 0 aliphatic heterocycles. The normalized spacial score (nSPS) is 18.3. The number of aromatic nitrogens is 2. The molecule has 1 heterocycles. The van der Waals surface area contributed by atoms with Crippen molar-refractivity contribution in [1.82, 2.24) is 9.97 Å². The third-order valence-electron chi connectivity index (χ3n) is 4.27. The molecule has 4 rings (SSSR count). The van der Waals surface area contributed by atoms with Crippen LogP contribution in [-0.4, -0.2) is 9.97 Å². The molecule has 0 saturated heterocycles. The van der Waals surface area contributed by atoms with Gasteiger partial charge in [0.25, 0.3) is 0 Å². The Labute approximate surface area is 138 Å². The molecular weight excluding hydrogens is 300 g/mol. The Kier molecular flexibility index (Phi) is 6.32. The molecule has 2 aromatic rings. The predicted molar refractivity (Wildman–Crippen MR) is 84.5 cm³/mol. The summed E-state index contributed by atoms with van der Waals surface area (Å²) in [5.41, 5.74) is 3.51. The van der Waals surface area contributed by atoms with Crippen molar-refractivity contribution in [2.24, 2.45) is 0 Å².